The Bertz CT molecular complexity index is 1210. The number of thiocarbonyl (C=S) groups is 1. The van der Waals surface area contributed by atoms with Gasteiger partial charge in [0.05, 0.1) is 5.69 Å². The smallest absolute Gasteiger partial charge is 0.270 e. The quantitative estimate of drug-likeness (QED) is 0.354. The van der Waals surface area contributed by atoms with Crippen molar-refractivity contribution in [2.75, 3.05) is 4.90 Å². The molecule has 1 aliphatic rings. The van der Waals surface area contributed by atoms with Crippen LogP contribution in [0.2, 0.25) is 5.02 Å². The Morgan fingerprint density at radius 3 is 2.47 bits per heavy atom. The maximum Gasteiger partial charge on any atom is 0.270 e. The molecule has 1 saturated heterocycles. The van der Waals surface area contributed by atoms with E-state index < -0.39 is 11.8 Å². The van der Waals surface area contributed by atoms with Crippen molar-refractivity contribution < 1.29 is 14.0 Å². The van der Waals surface area contributed by atoms with Gasteiger partial charge in [-0.05, 0) is 80.2 Å². The number of aryl methyl sites for hydroxylation is 2. The van der Waals surface area contributed by atoms with Crippen LogP contribution in [0.25, 0.3) is 17.4 Å². The van der Waals surface area contributed by atoms with Gasteiger partial charge < -0.3 is 4.42 Å². The van der Waals surface area contributed by atoms with E-state index >= 15 is 0 Å². The number of anilines is 1. The van der Waals surface area contributed by atoms with Crippen LogP contribution in [0.15, 0.2) is 64.6 Å². The summed E-state index contributed by atoms with van der Waals surface area (Å²) in [5.74, 6) is -0.0774. The Morgan fingerprint density at radius 2 is 1.77 bits per heavy atom. The predicted octanol–water partition coefficient (Wildman–Crippen LogP) is 5.05. The lowest BCUT2D eigenvalue weighted by molar-refractivity contribution is -0.122. The maximum absolute atomic E-state index is 13.2. The molecule has 2 amide bonds. The molecule has 3 aromatic rings. The summed E-state index contributed by atoms with van der Waals surface area (Å²) >= 11 is 11.2. The summed E-state index contributed by atoms with van der Waals surface area (Å²) in [6.45, 7) is 3.86. The number of hydrogen-bond acceptors (Lipinski definition) is 4. The van der Waals surface area contributed by atoms with Crippen LogP contribution >= 0.6 is 23.8 Å². The second-order valence-corrected chi connectivity index (χ2v) is 7.78. The van der Waals surface area contributed by atoms with Crippen molar-refractivity contribution in [3.8, 4) is 11.3 Å². The first kappa shape index (κ1) is 20.1. The molecule has 1 fully saturated rings. The monoisotopic (exact) mass is 436 g/mol. The van der Waals surface area contributed by atoms with Gasteiger partial charge in [-0.3, -0.25) is 19.8 Å². The van der Waals surface area contributed by atoms with E-state index in [1.54, 1.807) is 24.3 Å². The number of hydrogen-bond donors (Lipinski definition) is 1. The molecular formula is C23H17ClN2O3S. The van der Waals surface area contributed by atoms with Crippen LogP contribution in [0.3, 0.4) is 0 Å². The van der Waals surface area contributed by atoms with Gasteiger partial charge in [-0.1, -0.05) is 29.3 Å². The normalized spacial score (nSPS) is 15.6. The van der Waals surface area contributed by atoms with Crippen molar-refractivity contribution >= 4 is 52.5 Å². The van der Waals surface area contributed by atoms with Crippen LogP contribution in [-0.2, 0) is 9.59 Å². The molecule has 7 heteroatoms. The van der Waals surface area contributed by atoms with Gasteiger partial charge in [0, 0.05) is 10.6 Å². The van der Waals surface area contributed by atoms with Gasteiger partial charge in [0.15, 0.2) is 5.11 Å². The molecule has 0 unspecified atom stereocenters. The number of rotatable bonds is 3. The topological polar surface area (TPSA) is 62.6 Å². The van der Waals surface area contributed by atoms with Gasteiger partial charge in [0.2, 0.25) is 0 Å². The predicted molar refractivity (Wildman–Crippen MR) is 121 cm³/mol. The van der Waals surface area contributed by atoms with Gasteiger partial charge in [0.25, 0.3) is 11.8 Å². The standard InChI is InChI=1S/C23H17ClN2O3S/c1-13-3-9-19(14(2)11-13)26-22(28)18(21(27)25-23(26)30)12-17-8-10-20(29-17)15-4-6-16(24)7-5-15/h3-12H,1-2H3,(H,25,27,30)/b18-12+. The average molecular weight is 437 g/mol. The molecule has 1 aliphatic heterocycles. The van der Waals surface area contributed by atoms with Crippen LogP contribution < -0.4 is 10.2 Å². The van der Waals surface area contributed by atoms with Gasteiger partial charge in [0.1, 0.15) is 17.1 Å². The molecule has 1 N–H and O–H groups in total. The van der Waals surface area contributed by atoms with Crippen LogP contribution in [0.1, 0.15) is 16.9 Å². The summed E-state index contributed by atoms with van der Waals surface area (Å²) in [4.78, 5) is 27.0. The zero-order chi connectivity index (χ0) is 21.4. The Hall–Kier alpha value is -3.22. The third-order valence-electron chi connectivity index (χ3n) is 4.74. The van der Waals surface area contributed by atoms with Crippen molar-refractivity contribution in [1.82, 2.24) is 5.32 Å². The molecule has 0 atom stereocenters. The minimum absolute atomic E-state index is 0.0513. The van der Waals surface area contributed by atoms with Crippen molar-refractivity contribution in [3.05, 3.63) is 82.1 Å². The lowest BCUT2D eigenvalue weighted by atomic mass is 10.1. The first-order chi connectivity index (χ1) is 14.3. The molecule has 2 heterocycles. The number of nitrogens with zero attached hydrogens (tertiary/aromatic N) is 1. The fourth-order valence-corrected chi connectivity index (χ4v) is 3.67. The second-order valence-electron chi connectivity index (χ2n) is 6.96. The van der Waals surface area contributed by atoms with E-state index in [1.807, 2.05) is 44.2 Å². The molecule has 1 aromatic heterocycles. The first-order valence-corrected chi connectivity index (χ1v) is 9.96. The van der Waals surface area contributed by atoms with E-state index in [4.69, 9.17) is 28.2 Å². The van der Waals surface area contributed by atoms with Gasteiger partial charge >= 0.3 is 0 Å². The molecule has 150 valence electrons. The molecule has 0 bridgehead atoms. The number of carbonyl (C=O) groups is 2. The minimum Gasteiger partial charge on any atom is -0.457 e. The highest BCUT2D eigenvalue weighted by Crippen LogP contribution is 2.28. The molecule has 5 nitrogen and oxygen atoms in total. The Morgan fingerprint density at radius 1 is 1.03 bits per heavy atom. The maximum atomic E-state index is 13.2. The number of benzene rings is 2. The fourth-order valence-electron chi connectivity index (χ4n) is 3.27. The summed E-state index contributed by atoms with van der Waals surface area (Å²) in [6.07, 6.45) is 1.43. The highest BCUT2D eigenvalue weighted by molar-refractivity contribution is 7.80. The van der Waals surface area contributed by atoms with E-state index in [2.05, 4.69) is 5.32 Å². The highest BCUT2D eigenvalue weighted by atomic mass is 35.5. The Labute approximate surface area is 183 Å². The summed E-state index contributed by atoms with van der Waals surface area (Å²) in [7, 11) is 0. The SMILES string of the molecule is Cc1ccc(N2C(=O)/C(=C/c3ccc(-c4ccc(Cl)cc4)o3)C(=O)NC2=S)c(C)c1. The average Bonchev–Trinajstić information content (AvgIpc) is 3.16. The van der Waals surface area contributed by atoms with Crippen molar-refractivity contribution in [3.63, 3.8) is 0 Å². The Kier molecular flexibility index (Phi) is 5.28. The van der Waals surface area contributed by atoms with Crippen molar-refractivity contribution in [1.29, 1.82) is 0 Å². The summed E-state index contributed by atoms with van der Waals surface area (Å²) in [5, 5.41) is 3.26. The number of furan rings is 1. The lowest BCUT2D eigenvalue weighted by Crippen LogP contribution is -2.54. The molecule has 4 rings (SSSR count). The van der Waals surface area contributed by atoms with Crippen LogP contribution in [0.5, 0.6) is 0 Å². The van der Waals surface area contributed by atoms with E-state index in [0.29, 0.717) is 22.2 Å². The van der Waals surface area contributed by atoms with Crippen molar-refractivity contribution in [2.24, 2.45) is 0 Å². The number of nitrogens with one attached hydrogen (secondary N) is 1. The highest BCUT2D eigenvalue weighted by Gasteiger charge is 2.35. The lowest BCUT2D eigenvalue weighted by Gasteiger charge is -2.30. The summed E-state index contributed by atoms with van der Waals surface area (Å²) < 4.78 is 5.81. The Balaban J connectivity index is 1.68. The molecular weight excluding hydrogens is 420 g/mol. The van der Waals surface area contributed by atoms with Crippen LogP contribution in [0.4, 0.5) is 5.69 Å². The summed E-state index contributed by atoms with van der Waals surface area (Å²) in [6, 6.07) is 16.3. The number of halogens is 1. The van der Waals surface area contributed by atoms with E-state index in [1.165, 1.54) is 11.0 Å². The number of carbonyl (C=O) groups excluding carboxylic acids is 2. The molecule has 2 aromatic carbocycles. The van der Waals surface area contributed by atoms with E-state index in [-0.39, 0.29) is 10.7 Å². The third kappa shape index (κ3) is 3.79. The number of amides is 2. The second kappa shape index (κ2) is 7.89. The van der Waals surface area contributed by atoms with Crippen molar-refractivity contribution in [2.45, 2.75) is 13.8 Å². The van der Waals surface area contributed by atoms with Crippen LogP contribution in [-0.4, -0.2) is 16.9 Å². The molecule has 0 saturated carbocycles. The van der Waals surface area contributed by atoms with Crippen LogP contribution in [0, 0.1) is 13.8 Å². The zero-order valence-corrected chi connectivity index (χ0v) is 17.8. The molecule has 30 heavy (non-hydrogen) atoms. The third-order valence-corrected chi connectivity index (χ3v) is 5.27. The van der Waals surface area contributed by atoms with Gasteiger partial charge in [-0.2, -0.15) is 0 Å². The van der Waals surface area contributed by atoms with Gasteiger partial charge in [-0.25, -0.2) is 0 Å². The summed E-state index contributed by atoms with van der Waals surface area (Å²) in [5.41, 5.74) is 3.35. The fraction of sp³-hybridized carbons (Fsp3) is 0.0870. The minimum atomic E-state index is -0.560. The van der Waals surface area contributed by atoms with Gasteiger partial charge in [-0.15, -0.1) is 0 Å². The molecule has 0 radical (unpaired) electrons. The molecule has 0 spiro atoms. The zero-order valence-electron chi connectivity index (χ0n) is 16.2. The largest absolute Gasteiger partial charge is 0.457 e. The molecule has 0 aliphatic carbocycles. The van der Waals surface area contributed by atoms with E-state index in [9.17, 15) is 9.59 Å². The first-order valence-electron chi connectivity index (χ1n) is 9.18. The van der Waals surface area contributed by atoms with E-state index in [0.717, 1.165) is 16.7 Å².